The lowest BCUT2D eigenvalue weighted by Gasteiger charge is -2.12. The Kier molecular flexibility index (Phi) is 5.04. The summed E-state index contributed by atoms with van der Waals surface area (Å²) in [5.74, 6) is -0.228. The number of pyridine rings is 2. The molecule has 1 amide bonds. The molecule has 0 aliphatic rings. The standard InChI is InChI=1S/C23H18ClN3O/c1-2-15-8-10-16(11-9-15)21-13-19(18-6-3-7-20(24)22(18)27-21)23(28)26-17-5-4-12-25-14-17/h3-14H,2H2,1H3,(H,26,28). The van der Waals surface area contributed by atoms with Gasteiger partial charge in [-0.2, -0.15) is 0 Å². The molecular formula is C23H18ClN3O. The lowest BCUT2D eigenvalue weighted by atomic mass is 10.0. The Bertz CT molecular complexity index is 1140. The molecule has 0 radical (unpaired) electrons. The molecule has 2 aromatic carbocycles. The lowest BCUT2D eigenvalue weighted by Crippen LogP contribution is -2.13. The van der Waals surface area contributed by atoms with Gasteiger partial charge in [0, 0.05) is 17.1 Å². The maximum atomic E-state index is 13.0. The molecule has 0 spiro atoms. The lowest BCUT2D eigenvalue weighted by molar-refractivity contribution is 0.102. The van der Waals surface area contributed by atoms with E-state index in [1.165, 1.54) is 5.56 Å². The van der Waals surface area contributed by atoms with Crippen molar-refractivity contribution in [1.29, 1.82) is 0 Å². The minimum Gasteiger partial charge on any atom is -0.321 e. The van der Waals surface area contributed by atoms with Gasteiger partial charge in [-0.1, -0.05) is 54.9 Å². The van der Waals surface area contributed by atoms with Crippen molar-refractivity contribution in [2.24, 2.45) is 0 Å². The van der Waals surface area contributed by atoms with Crippen LogP contribution in [0.3, 0.4) is 0 Å². The van der Waals surface area contributed by atoms with Crippen LogP contribution < -0.4 is 5.32 Å². The van der Waals surface area contributed by atoms with Gasteiger partial charge >= 0.3 is 0 Å². The predicted octanol–water partition coefficient (Wildman–Crippen LogP) is 5.76. The highest BCUT2D eigenvalue weighted by molar-refractivity contribution is 6.35. The monoisotopic (exact) mass is 387 g/mol. The largest absolute Gasteiger partial charge is 0.321 e. The summed E-state index contributed by atoms with van der Waals surface area (Å²) in [5.41, 5.74) is 4.66. The summed E-state index contributed by atoms with van der Waals surface area (Å²) in [6.45, 7) is 2.12. The first-order chi connectivity index (χ1) is 13.7. The van der Waals surface area contributed by atoms with Crippen molar-refractivity contribution in [3.8, 4) is 11.3 Å². The van der Waals surface area contributed by atoms with Crippen LogP contribution in [0.5, 0.6) is 0 Å². The number of nitrogens with zero attached hydrogens (tertiary/aromatic N) is 2. The van der Waals surface area contributed by atoms with E-state index in [2.05, 4.69) is 29.4 Å². The highest BCUT2D eigenvalue weighted by Crippen LogP contribution is 2.29. The van der Waals surface area contributed by atoms with Crippen LogP contribution in [0.2, 0.25) is 5.02 Å². The third-order valence-corrected chi connectivity index (χ3v) is 4.92. The Hall–Kier alpha value is -3.24. The SMILES string of the molecule is CCc1ccc(-c2cc(C(=O)Nc3cccnc3)c3cccc(Cl)c3n2)cc1. The van der Waals surface area contributed by atoms with Crippen molar-refractivity contribution >= 4 is 34.1 Å². The molecule has 138 valence electrons. The molecule has 4 rings (SSSR count). The molecule has 5 heteroatoms. The molecule has 28 heavy (non-hydrogen) atoms. The quantitative estimate of drug-likeness (QED) is 0.484. The number of hydrogen-bond acceptors (Lipinski definition) is 3. The molecule has 0 saturated carbocycles. The summed E-state index contributed by atoms with van der Waals surface area (Å²) in [6, 6.07) is 19.0. The highest BCUT2D eigenvalue weighted by atomic mass is 35.5. The summed E-state index contributed by atoms with van der Waals surface area (Å²) >= 11 is 6.40. The fourth-order valence-electron chi connectivity index (χ4n) is 3.10. The van der Waals surface area contributed by atoms with E-state index in [9.17, 15) is 4.79 Å². The van der Waals surface area contributed by atoms with Crippen LogP contribution in [0, 0.1) is 0 Å². The van der Waals surface area contributed by atoms with Gasteiger partial charge in [0.15, 0.2) is 0 Å². The molecule has 0 unspecified atom stereocenters. The maximum absolute atomic E-state index is 13.0. The van der Waals surface area contributed by atoms with Crippen molar-refractivity contribution in [2.75, 3.05) is 5.32 Å². The molecule has 0 aliphatic carbocycles. The van der Waals surface area contributed by atoms with Crippen molar-refractivity contribution in [3.05, 3.63) is 89.2 Å². The second kappa shape index (κ2) is 7.79. The molecule has 2 heterocycles. The average Bonchev–Trinajstić information content (AvgIpc) is 2.74. The molecule has 0 bridgehead atoms. The Morgan fingerprint density at radius 1 is 1.07 bits per heavy atom. The number of aromatic nitrogens is 2. The fourth-order valence-corrected chi connectivity index (χ4v) is 3.31. The van der Waals surface area contributed by atoms with E-state index in [0.717, 1.165) is 12.0 Å². The van der Waals surface area contributed by atoms with Crippen LogP contribution in [0.15, 0.2) is 73.1 Å². The smallest absolute Gasteiger partial charge is 0.256 e. The number of aryl methyl sites for hydroxylation is 1. The van der Waals surface area contributed by atoms with E-state index in [4.69, 9.17) is 16.6 Å². The third kappa shape index (κ3) is 3.59. The molecule has 4 nitrogen and oxygen atoms in total. The Morgan fingerprint density at radius 3 is 2.61 bits per heavy atom. The number of nitrogens with one attached hydrogen (secondary N) is 1. The van der Waals surface area contributed by atoms with Crippen molar-refractivity contribution < 1.29 is 4.79 Å². The first-order valence-corrected chi connectivity index (χ1v) is 9.43. The number of rotatable bonds is 4. The normalized spacial score (nSPS) is 10.8. The minimum atomic E-state index is -0.228. The van der Waals surface area contributed by atoms with Gasteiger partial charge in [0.25, 0.3) is 5.91 Å². The first-order valence-electron chi connectivity index (χ1n) is 9.05. The summed E-state index contributed by atoms with van der Waals surface area (Å²) in [7, 11) is 0. The minimum absolute atomic E-state index is 0.228. The van der Waals surface area contributed by atoms with Gasteiger partial charge in [0.1, 0.15) is 0 Å². The summed E-state index contributed by atoms with van der Waals surface area (Å²) in [6.07, 6.45) is 4.24. The van der Waals surface area contributed by atoms with E-state index in [-0.39, 0.29) is 5.91 Å². The van der Waals surface area contributed by atoms with E-state index in [1.807, 2.05) is 30.3 Å². The number of halogens is 1. The predicted molar refractivity (Wildman–Crippen MR) is 114 cm³/mol. The van der Waals surface area contributed by atoms with Gasteiger partial charge < -0.3 is 5.32 Å². The topological polar surface area (TPSA) is 54.9 Å². The number of amides is 1. The summed E-state index contributed by atoms with van der Waals surface area (Å²) in [5, 5.41) is 4.12. The van der Waals surface area contributed by atoms with Crippen LogP contribution in [-0.2, 0) is 6.42 Å². The van der Waals surface area contributed by atoms with Crippen molar-refractivity contribution in [1.82, 2.24) is 9.97 Å². The zero-order valence-electron chi connectivity index (χ0n) is 15.3. The van der Waals surface area contributed by atoms with Gasteiger partial charge in [-0.25, -0.2) is 4.98 Å². The summed E-state index contributed by atoms with van der Waals surface area (Å²) in [4.78, 5) is 21.8. The molecule has 0 atom stereocenters. The highest BCUT2D eigenvalue weighted by Gasteiger charge is 2.16. The van der Waals surface area contributed by atoms with Gasteiger partial charge in [-0.15, -0.1) is 0 Å². The summed E-state index contributed by atoms with van der Waals surface area (Å²) < 4.78 is 0. The first kappa shape index (κ1) is 18.1. The van der Waals surface area contributed by atoms with Crippen LogP contribution in [0.25, 0.3) is 22.2 Å². The van der Waals surface area contributed by atoms with Gasteiger partial charge in [0.05, 0.1) is 33.7 Å². The Labute approximate surface area is 168 Å². The van der Waals surface area contributed by atoms with E-state index >= 15 is 0 Å². The fraction of sp³-hybridized carbons (Fsp3) is 0.0870. The van der Waals surface area contributed by atoms with Crippen LogP contribution in [0.1, 0.15) is 22.8 Å². The Balaban J connectivity index is 1.84. The van der Waals surface area contributed by atoms with Crippen LogP contribution >= 0.6 is 11.6 Å². The van der Waals surface area contributed by atoms with Gasteiger partial charge in [-0.05, 0) is 36.2 Å². The number of anilines is 1. The van der Waals surface area contributed by atoms with E-state index in [1.54, 1.807) is 30.6 Å². The Morgan fingerprint density at radius 2 is 1.89 bits per heavy atom. The van der Waals surface area contributed by atoms with E-state index < -0.39 is 0 Å². The maximum Gasteiger partial charge on any atom is 0.256 e. The molecule has 0 fully saturated rings. The molecule has 4 aromatic rings. The molecule has 0 saturated heterocycles. The van der Waals surface area contributed by atoms with Crippen molar-refractivity contribution in [2.45, 2.75) is 13.3 Å². The van der Waals surface area contributed by atoms with Crippen molar-refractivity contribution in [3.63, 3.8) is 0 Å². The second-order valence-corrected chi connectivity index (χ2v) is 6.84. The molecular weight excluding hydrogens is 370 g/mol. The second-order valence-electron chi connectivity index (χ2n) is 6.44. The van der Waals surface area contributed by atoms with Gasteiger partial charge in [-0.3, -0.25) is 9.78 Å². The number of benzene rings is 2. The third-order valence-electron chi connectivity index (χ3n) is 4.61. The van der Waals surface area contributed by atoms with Gasteiger partial charge in [0.2, 0.25) is 0 Å². The molecule has 1 N–H and O–H groups in total. The zero-order chi connectivity index (χ0) is 19.5. The zero-order valence-corrected chi connectivity index (χ0v) is 16.1. The number of carbonyl (C=O) groups excluding carboxylic acids is 1. The molecule has 2 aromatic heterocycles. The number of fused-ring (bicyclic) bond motifs is 1. The van der Waals surface area contributed by atoms with E-state index in [0.29, 0.717) is 32.9 Å². The molecule has 0 aliphatic heterocycles. The average molecular weight is 388 g/mol. The van der Waals surface area contributed by atoms with Crippen LogP contribution in [0.4, 0.5) is 5.69 Å². The number of para-hydroxylation sites is 1. The number of carbonyl (C=O) groups is 1. The number of hydrogen-bond donors (Lipinski definition) is 1. The van der Waals surface area contributed by atoms with Crippen LogP contribution in [-0.4, -0.2) is 15.9 Å².